The molecule has 0 atom stereocenters. The van der Waals surface area contributed by atoms with Gasteiger partial charge in [0.2, 0.25) is 0 Å². The first-order valence-electron chi connectivity index (χ1n) is 2.87. The molecule has 0 fully saturated rings. The standard InChI is InChI=1S/C6H5N3O.K.H/c10-9-6-4-2-1-3-5(6)7-8-9;;/h1-4,10H;;/q;+1;-1. The Morgan fingerprint density at radius 1 is 1.36 bits per heavy atom. The maximum atomic E-state index is 8.95. The van der Waals surface area contributed by atoms with E-state index in [-0.39, 0.29) is 52.8 Å². The molecule has 0 bridgehead atoms. The normalized spacial score (nSPS) is 9.45. The summed E-state index contributed by atoms with van der Waals surface area (Å²) in [5, 5.41) is 16.1. The van der Waals surface area contributed by atoms with Crippen molar-refractivity contribution in [2.24, 2.45) is 0 Å². The average Bonchev–Trinajstić information content (AvgIpc) is 2.34. The van der Waals surface area contributed by atoms with Gasteiger partial charge in [0.15, 0.2) is 0 Å². The van der Waals surface area contributed by atoms with E-state index in [4.69, 9.17) is 5.21 Å². The van der Waals surface area contributed by atoms with Crippen LogP contribution >= 0.6 is 0 Å². The van der Waals surface area contributed by atoms with E-state index in [1.807, 2.05) is 12.1 Å². The van der Waals surface area contributed by atoms with Gasteiger partial charge in [0, 0.05) is 0 Å². The van der Waals surface area contributed by atoms with Crippen molar-refractivity contribution >= 4 is 11.0 Å². The van der Waals surface area contributed by atoms with E-state index in [0.29, 0.717) is 11.0 Å². The molecule has 2 aromatic rings. The minimum absolute atomic E-state index is 0. The number of fused-ring (bicyclic) bond motifs is 1. The van der Waals surface area contributed by atoms with Gasteiger partial charge in [-0.1, -0.05) is 17.0 Å². The molecular formula is C6H6KN3O. The quantitative estimate of drug-likeness (QED) is 0.365. The van der Waals surface area contributed by atoms with Crippen molar-refractivity contribution in [3.05, 3.63) is 24.3 Å². The molecule has 11 heavy (non-hydrogen) atoms. The van der Waals surface area contributed by atoms with E-state index in [1.54, 1.807) is 12.1 Å². The zero-order chi connectivity index (χ0) is 6.97. The van der Waals surface area contributed by atoms with Crippen LogP contribution < -0.4 is 51.4 Å². The van der Waals surface area contributed by atoms with E-state index in [9.17, 15) is 0 Å². The first-order chi connectivity index (χ1) is 4.88. The van der Waals surface area contributed by atoms with Gasteiger partial charge >= 0.3 is 51.4 Å². The third-order valence-electron chi connectivity index (χ3n) is 1.33. The topological polar surface area (TPSA) is 50.9 Å². The smallest absolute Gasteiger partial charge is 1.00 e. The monoisotopic (exact) mass is 175 g/mol. The molecule has 2 rings (SSSR count). The van der Waals surface area contributed by atoms with Gasteiger partial charge in [-0.25, -0.2) is 0 Å². The Hall–Kier alpha value is 0.0564. The molecule has 0 aliphatic heterocycles. The fraction of sp³-hybridized carbons (Fsp3) is 0. The van der Waals surface area contributed by atoms with Crippen LogP contribution in [0.4, 0.5) is 0 Å². The maximum Gasteiger partial charge on any atom is 1.00 e. The molecule has 0 amide bonds. The fourth-order valence-corrected chi connectivity index (χ4v) is 0.857. The zero-order valence-electron chi connectivity index (χ0n) is 7.10. The Morgan fingerprint density at radius 2 is 2.09 bits per heavy atom. The van der Waals surface area contributed by atoms with E-state index >= 15 is 0 Å². The van der Waals surface area contributed by atoms with Crippen molar-refractivity contribution in [2.75, 3.05) is 0 Å². The number of benzene rings is 1. The van der Waals surface area contributed by atoms with E-state index in [2.05, 4.69) is 10.3 Å². The van der Waals surface area contributed by atoms with Gasteiger partial charge in [-0.05, 0) is 17.3 Å². The van der Waals surface area contributed by atoms with Crippen molar-refractivity contribution in [3.63, 3.8) is 0 Å². The molecule has 0 saturated carbocycles. The molecule has 0 unspecified atom stereocenters. The van der Waals surface area contributed by atoms with Crippen molar-refractivity contribution < 1.29 is 58.0 Å². The largest absolute Gasteiger partial charge is 1.00 e. The Bertz CT molecular complexity index is 364. The van der Waals surface area contributed by atoms with Crippen molar-refractivity contribution in [1.29, 1.82) is 0 Å². The summed E-state index contributed by atoms with van der Waals surface area (Å²) in [6, 6.07) is 7.19. The summed E-state index contributed by atoms with van der Waals surface area (Å²) in [5.41, 5.74) is 1.33. The number of nitrogens with zero attached hydrogens (tertiary/aromatic N) is 3. The summed E-state index contributed by atoms with van der Waals surface area (Å²) in [7, 11) is 0. The molecule has 0 spiro atoms. The molecule has 0 radical (unpaired) electrons. The summed E-state index contributed by atoms with van der Waals surface area (Å²) >= 11 is 0. The predicted molar refractivity (Wildman–Crippen MR) is 35.8 cm³/mol. The van der Waals surface area contributed by atoms with Crippen LogP contribution in [0.15, 0.2) is 24.3 Å². The molecular weight excluding hydrogens is 169 g/mol. The van der Waals surface area contributed by atoms with Crippen LogP contribution in [0.5, 0.6) is 0 Å². The van der Waals surface area contributed by atoms with Crippen LogP contribution in [0.1, 0.15) is 1.43 Å². The molecule has 0 aliphatic carbocycles. The van der Waals surface area contributed by atoms with Crippen LogP contribution in [0.25, 0.3) is 11.0 Å². The summed E-state index contributed by atoms with van der Waals surface area (Å²) in [6.07, 6.45) is 0. The first-order valence-corrected chi connectivity index (χ1v) is 2.87. The van der Waals surface area contributed by atoms with E-state index in [1.165, 1.54) is 0 Å². The molecule has 52 valence electrons. The second kappa shape index (κ2) is 3.64. The summed E-state index contributed by atoms with van der Waals surface area (Å²) in [6.45, 7) is 0. The third kappa shape index (κ3) is 1.62. The second-order valence-corrected chi connectivity index (χ2v) is 1.97. The molecule has 0 aliphatic rings. The fourth-order valence-electron chi connectivity index (χ4n) is 0.857. The summed E-state index contributed by atoms with van der Waals surface area (Å²) in [5.74, 6) is 0. The minimum atomic E-state index is 0. The molecule has 1 heterocycles. The number of hydrogen-bond acceptors (Lipinski definition) is 3. The van der Waals surface area contributed by atoms with E-state index < -0.39 is 0 Å². The van der Waals surface area contributed by atoms with Gasteiger partial charge in [-0.15, -0.1) is 5.10 Å². The third-order valence-corrected chi connectivity index (χ3v) is 1.33. The molecule has 5 heteroatoms. The van der Waals surface area contributed by atoms with E-state index in [0.717, 1.165) is 4.85 Å². The van der Waals surface area contributed by atoms with Crippen LogP contribution in [0.2, 0.25) is 0 Å². The Kier molecular flexibility index (Phi) is 3.03. The summed E-state index contributed by atoms with van der Waals surface area (Å²) < 4.78 is 0. The van der Waals surface area contributed by atoms with Crippen LogP contribution in [-0.4, -0.2) is 20.4 Å². The first kappa shape index (κ1) is 9.15. The van der Waals surface area contributed by atoms with Gasteiger partial charge < -0.3 is 6.63 Å². The van der Waals surface area contributed by atoms with Crippen molar-refractivity contribution in [3.8, 4) is 0 Å². The molecule has 1 aromatic carbocycles. The maximum absolute atomic E-state index is 8.95. The van der Waals surface area contributed by atoms with Crippen molar-refractivity contribution in [2.45, 2.75) is 0 Å². The average molecular weight is 175 g/mol. The van der Waals surface area contributed by atoms with Crippen molar-refractivity contribution in [1.82, 2.24) is 15.2 Å². The Labute approximate surface area is 107 Å². The zero-order valence-corrected chi connectivity index (χ0v) is 9.22. The number of rotatable bonds is 0. The number of hydrogen-bond donors (Lipinski definition) is 1. The van der Waals surface area contributed by atoms with Gasteiger partial charge in [0.1, 0.15) is 11.0 Å². The van der Waals surface area contributed by atoms with Gasteiger partial charge in [-0.3, -0.25) is 0 Å². The van der Waals surface area contributed by atoms with Crippen LogP contribution in [0.3, 0.4) is 0 Å². The molecule has 1 aromatic heterocycles. The Morgan fingerprint density at radius 3 is 2.82 bits per heavy atom. The number of aromatic nitrogens is 3. The number of para-hydroxylation sites is 1. The predicted octanol–water partition coefficient (Wildman–Crippen LogP) is -2.21. The van der Waals surface area contributed by atoms with Crippen LogP contribution in [0, 0.1) is 0 Å². The van der Waals surface area contributed by atoms with Gasteiger partial charge in [0.05, 0.1) is 0 Å². The summed E-state index contributed by atoms with van der Waals surface area (Å²) in [4.78, 5) is 0.759. The Balaban J connectivity index is 0.000000605. The molecule has 0 saturated heterocycles. The van der Waals surface area contributed by atoms with Gasteiger partial charge in [-0.2, -0.15) is 0 Å². The SMILES string of the molecule is On1nnc2ccccc21.[H-].[K+]. The second-order valence-electron chi connectivity index (χ2n) is 1.97. The molecule has 4 nitrogen and oxygen atoms in total. The van der Waals surface area contributed by atoms with Crippen LogP contribution in [-0.2, 0) is 0 Å². The molecule has 1 N–H and O–H groups in total. The minimum Gasteiger partial charge on any atom is -1.00 e. The van der Waals surface area contributed by atoms with Gasteiger partial charge in [0.25, 0.3) is 0 Å².